The third-order valence-corrected chi connectivity index (χ3v) is 3.06. The minimum atomic E-state index is 0.0261. The van der Waals surface area contributed by atoms with Crippen LogP contribution in [0.15, 0.2) is 42.6 Å². The predicted octanol–water partition coefficient (Wildman–Crippen LogP) is 3.18. The van der Waals surface area contributed by atoms with E-state index in [1.807, 2.05) is 26.1 Å². The second-order valence-corrected chi connectivity index (χ2v) is 4.63. The Balaban J connectivity index is 2.30. The first kappa shape index (κ1) is 12.6. The molecule has 3 nitrogen and oxygen atoms in total. The van der Waals surface area contributed by atoms with Gasteiger partial charge < -0.3 is 10.6 Å². The molecule has 0 aliphatic heterocycles. The standard InChI is InChI=1S/C15H19N3/c1-11-4-6-14(7-5-11)18(3)15-10-13(12(2)16)8-9-17-15/h4-10,12H,16H2,1-3H3/t12-/m1/s1. The van der Waals surface area contributed by atoms with Crippen LogP contribution < -0.4 is 10.6 Å². The molecule has 94 valence electrons. The van der Waals surface area contributed by atoms with E-state index in [4.69, 9.17) is 5.73 Å². The molecule has 0 aliphatic carbocycles. The number of nitrogens with two attached hydrogens (primary N) is 1. The highest BCUT2D eigenvalue weighted by Gasteiger charge is 2.07. The average molecular weight is 241 g/mol. The average Bonchev–Trinajstić information content (AvgIpc) is 2.39. The molecule has 0 bridgehead atoms. The maximum Gasteiger partial charge on any atom is 0.132 e. The van der Waals surface area contributed by atoms with Crippen molar-refractivity contribution >= 4 is 11.5 Å². The number of nitrogens with zero attached hydrogens (tertiary/aromatic N) is 2. The van der Waals surface area contributed by atoms with Crippen molar-refractivity contribution < 1.29 is 0 Å². The predicted molar refractivity (Wildman–Crippen MR) is 76.1 cm³/mol. The van der Waals surface area contributed by atoms with E-state index in [0.717, 1.165) is 17.1 Å². The summed E-state index contributed by atoms with van der Waals surface area (Å²) in [6.45, 7) is 4.06. The smallest absolute Gasteiger partial charge is 0.132 e. The molecule has 1 aromatic carbocycles. The summed E-state index contributed by atoms with van der Waals surface area (Å²) in [4.78, 5) is 6.45. The van der Waals surface area contributed by atoms with Crippen LogP contribution in [0.3, 0.4) is 0 Å². The van der Waals surface area contributed by atoms with Crippen molar-refractivity contribution in [1.29, 1.82) is 0 Å². The molecule has 2 N–H and O–H groups in total. The molecule has 0 saturated heterocycles. The largest absolute Gasteiger partial charge is 0.329 e. The van der Waals surface area contributed by atoms with Crippen molar-refractivity contribution in [1.82, 2.24) is 4.98 Å². The zero-order valence-corrected chi connectivity index (χ0v) is 11.1. The summed E-state index contributed by atoms with van der Waals surface area (Å²) in [6, 6.07) is 12.4. The Hall–Kier alpha value is -1.87. The second-order valence-electron chi connectivity index (χ2n) is 4.63. The van der Waals surface area contributed by atoms with E-state index in [1.165, 1.54) is 5.56 Å². The lowest BCUT2D eigenvalue weighted by Gasteiger charge is -2.19. The van der Waals surface area contributed by atoms with Crippen molar-refractivity contribution in [3.05, 3.63) is 53.7 Å². The Morgan fingerprint density at radius 3 is 2.44 bits per heavy atom. The highest BCUT2D eigenvalue weighted by Crippen LogP contribution is 2.23. The molecule has 1 heterocycles. The van der Waals surface area contributed by atoms with E-state index in [-0.39, 0.29) is 6.04 Å². The van der Waals surface area contributed by atoms with Crippen molar-refractivity contribution in [2.24, 2.45) is 5.73 Å². The fourth-order valence-corrected chi connectivity index (χ4v) is 1.80. The lowest BCUT2D eigenvalue weighted by Crippen LogP contribution is -2.13. The van der Waals surface area contributed by atoms with Crippen LogP contribution in [0.5, 0.6) is 0 Å². The molecular weight excluding hydrogens is 222 g/mol. The maximum atomic E-state index is 5.89. The molecule has 0 radical (unpaired) electrons. The quantitative estimate of drug-likeness (QED) is 0.897. The monoisotopic (exact) mass is 241 g/mol. The van der Waals surface area contributed by atoms with Crippen LogP contribution in [-0.4, -0.2) is 12.0 Å². The number of aryl methyl sites for hydroxylation is 1. The fraction of sp³-hybridized carbons (Fsp3) is 0.267. The number of benzene rings is 1. The Labute approximate surface area is 108 Å². The van der Waals surface area contributed by atoms with Crippen LogP contribution >= 0.6 is 0 Å². The van der Waals surface area contributed by atoms with Gasteiger partial charge in [-0.3, -0.25) is 0 Å². The van der Waals surface area contributed by atoms with E-state index < -0.39 is 0 Å². The van der Waals surface area contributed by atoms with Gasteiger partial charge in [0.2, 0.25) is 0 Å². The normalized spacial score (nSPS) is 12.2. The molecular formula is C15H19N3. The highest BCUT2D eigenvalue weighted by molar-refractivity contribution is 5.59. The molecule has 2 rings (SSSR count). The molecule has 0 saturated carbocycles. The van der Waals surface area contributed by atoms with Gasteiger partial charge >= 0.3 is 0 Å². The van der Waals surface area contributed by atoms with Crippen molar-refractivity contribution in [2.45, 2.75) is 19.9 Å². The molecule has 2 aromatic rings. The summed E-state index contributed by atoms with van der Waals surface area (Å²) >= 11 is 0. The lowest BCUT2D eigenvalue weighted by molar-refractivity contribution is 0.814. The first-order valence-electron chi connectivity index (χ1n) is 6.10. The first-order chi connectivity index (χ1) is 8.58. The van der Waals surface area contributed by atoms with Gasteiger partial charge in [-0.25, -0.2) is 4.98 Å². The van der Waals surface area contributed by atoms with Crippen molar-refractivity contribution in [3.63, 3.8) is 0 Å². The number of pyridine rings is 1. The third kappa shape index (κ3) is 2.68. The molecule has 0 fully saturated rings. The van der Waals surface area contributed by atoms with E-state index >= 15 is 0 Å². The van der Waals surface area contributed by atoms with Gasteiger partial charge in [-0.2, -0.15) is 0 Å². The van der Waals surface area contributed by atoms with Gasteiger partial charge in [0, 0.05) is 25.0 Å². The Morgan fingerprint density at radius 1 is 1.17 bits per heavy atom. The first-order valence-corrected chi connectivity index (χ1v) is 6.10. The van der Waals surface area contributed by atoms with Crippen molar-refractivity contribution in [2.75, 3.05) is 11.9 Å². The molecule has 1 aromatic heterocycles. The summed E-state index contributed by atoms with van der Waals surface area (Å²) in [5, 5.41) is 0. The zero-order valence-electron chi connectivity index (χ0n) is 11.1. The lowest BCUT2D eigenvalue weighted by atomic mass is 10.1. The van der Waals surface area contributed by atoms with E-state index in [2.05, 4.69) is 41.1 Å². The molecule has 0 unspecified atom stereocenters. The van der Waals surface area contributed by atoms with E-state index in [9.17, 15) is 0 Å². The minimum Gasteiger partial charge on any atom is -0.329 e. The van der Waals surface area contributed by atoms with Gasteiger partial charge in [0.25, 0.3) is 0 Å². The van der Waals surface area contributed by atoms with Gasteiger partial charge in [-0.05, 0) is 43.7 Å². The summed E-state index contributed by atoms with van der Waals surface area (Å²) in [7, 11) is 2.01. The number of rotatable bonds is 3. The van der Waals surface area contributed by atoms with Crippen LogP contribution in [0.1, 0.15) is 24.1 Å². The van der Waals surface area contributed by atoms with Gasteiger partial charge in [0.05, 0.1) is 0 Å². The van der Waals surface area contributed by atoms with Crippen LogP contribution in [0.25, 0.3) is 0 Å². The molecule has 0 amide bonds. The minimum absolute atomic E-state index is 0.0261. The Bertz CT molecular complexity index is 518. The van der Waals surface area contributed by atoms with Gasteiger partial charge in [0.15, 0.2) is 0 Å². The van der Waals surface area contributed by atoms with Crippen LogP contribution in [0, 0.1) is 6.92 Å². The van der Waals surface area contributed by atoms with Crippen LogP contribution in [0.4, 0.5) is 11.5 Å². The molecule has 0 spiro atoms. The maximum absolute atomic E-state index is 5.89. The molecule has 18 heavy (non-hydrogen) atoms. The zero-order chi connectivity index (χ0) is 13.1. The van der Waals surface area contributed by atoms with E-state index in [1.54, 1.807) is 6.20 Å². The van der Waals surface area contributed by atoms with E-state index in [0.29, 0.717) is 0 Å². The van der Waals surface area contributed by atoms with Crippen LogP contribution in [-0.2, 0) is 0 Å². The third-order valence-electron chi connectivity index (χ3n) is 3.06. The number of hydrogen-bond donors (Lipinski definition) is 1. The SMILES string of the molecule is Cc1ccc(N(C)c2cc([C@@H](C)N)ccn2)cc1. The second kappa shape index (κ2) is 5.19. The summed E-state index contributed by atoms with van der Waals surface area (Å²) in [6.07, 6.45) is 1.80. The van der Waals surface area contributed by atoms with Crippen LogP contribution in [0.2, 0.25) is 0 Å². The summed E-state index contributed by atoms with van der Waals surface area (Å²) in [5.74, 6) is 0.911. The number of aromatic nitrogens is 1. The Morgan fingerprint density at radius 2 is 1.83 bits per heavy atom. The summed E-state index contributed by atoms with van der Waals surface area (Å²) in [5.41, 5.74) is 9.37. The Kier molecular flexibility index (Phi) is 3.63. The number of hydrogen-bond acceptors (Lipinski definition) is 3. The van der Waals surface area contributed by atoms with Gasteiger partial charge in [-0.1, -0.05) is 17.7 Å². The molecule has 1 atom stereocenters. The van der Waals surface area contributed by atoms with Gasteiger partial charge in [0.1, 0.15) is 5.82 Å². The highest BCUT2D eigenvalue weighted by atomic mass is 15.2. The van der Waals surface area contributed by atoms with Gasteiger partial charge in [-0.15, -0.1) is 0 Å². The molecule has 0 aliphatic rings. The van der Waals surface area contributed by atoms with Crippen molar-refractivity contribution in [3.8, 4) is 0 Å². The fourth-order valence-electron chi connectivity index (χ4n) is 1.80. The molecule has 3 heteroatoms. The number of anilines is 2. The topological polar surface area (TPSA) is 42.1 Å². The summed E-state index contributed by atoms with van der Waals surface area (Å²) < 4.78 is 0.